The number of amides is 3. The highest BCUT2D eigenvalue weighted by atomic mass is 19.1. The number of anilines is 1. The number of hydrazine groups is 1. The van der Waals surface area contributed by atoms with Gasteiger partial charge in [-0.25, -0.2) is 14.9 Å². The quantitative estimate of drug-likeness (QED) is 0.340. The van der Waals surface area contributed by atoms with Crippen LogP contribution in [0.15, 0.2) is 18.5 Å². The number of hydrogen-bond acceptors (Lipinski definition) is 6. The van der Waals surface area contributed by atoms with Gasteiger partial charge < -0.3 is 5.32 Å². The molecule has 10 heteroatoms. The number of aromatic nitrogens is 1. The average Bonchev–Trinajstić information content (AvgIpc) is 3.40. The molecular weight excluding hydrogens is 381 g/mol. The van der Waals surface area contributed by atoms with Crippen molar-refractivity contribution < 1.29 is 24.0 Å². The second kappa shape index (κ2) is 9.75. The summed E-state index contributed by atoms with van der Waals surface area (Å²) in [5.74, 6) is -1.81. The summed E-state index contributed by atoms with van der Waals surface area (Å²) in [7, 11) is 0. The zero-order valence-corrected chi connectivity index (χ0v) is 16.1. The van der Waals surface area contributed by atoms with Crippen LogP contribution in [0.1, 0.15) is 38.5 Å². The number of pyridine rings is 1. The number of hydroxylamine groups is 2. The van der Waals surface area contributed by atoms with Gasteiger partial charge in [-0.15, -0.1) is 0 Å². The normalized spacial score (nSPS) is 20.5. The third kappa shape index (κ3) is 5.27. The van der Waals surface area contributed by atoms with Crippen molar-refractivity contribution in [2.45, 2.75) is 44.6 Å². The van der Waals surface area contributed by atoms with Gasteiger partial charge in [0.25, 0.3) is 0 Å². The molecule has 0 radical (unpaired) electrons. The van der Waals surface area contributed by atoms with Crippen LogP contribution in [0.25, 0.3) is 0 Å². The Hall–Kier alpha value is -2.59. The lowest BCUT2D eigenvalue weighted by Crippen LogP contribution is -2.51. The minimum absolute atomic E-state index is 0.00528. The first-order valence-corrected chi connectivity index (χ1v) is 9.87. The Labute approximate surface area is 168 Å². The molecule has 2 heterocycles. The number of halogens is 1. The molecule has 1 saturated heterocycles. The van der Waals surface area contributed by atoms with E-state index in [0.717, 1.165) is 31.9 Å². The molecule has 9 nitrogen and oxygen atoms in total. The smallest absolute Gasteiger partial charge is 0.248 e. The van der Waals surface area contributed by atoms with Gasteiger partial charge in [-0.3, -0.25) is 29.6 Å². The molecule has 1 aromatic rings. The van der Waals surface area contributed by atoms with Gasteiger partial charge in [-0.05, 0) is 24.8 Å². The van der Waals surface area contributed by atoms with E-state index in [1.54, 1.807) is 0 Å². The molecule has 3 rings (SSSR count). The number of hydrogen-bond donors (Lipinski definition) is 3. The lowest BCUT2D eigenvalue weighted by Gasteiger charge is -2.30. The lowest BCUT2D eigenvalue weighted by atomic mass is 9.92. The van der Waals surface area contributed by atoms with Crippen LogP contribution in [0, 0.1) is 17.7 Å². The number of carbonyl (C=O) groups is 3. The molecule has 29 heavy (non-hydrogen) atoms. The minimum atomic E-state index is -0.815. The van der Waals surface area contributed by atoms with Crippen molar-refractivity contribution in [2.24, 2.45) is 11.8 Å². The molecule has 0 bridgehead atoms. The lowest BCUT2D eigenvalue weighted by molar-refractivity contribution is -0.159. The second-order valence-electron chi connectivity index (χ2n) is 7.58. The summed E-state index contributed by atoms with van der Waals surface area (Å²) in [5, 5.41) is 13.9. The van der Waals surface area contributed by atoms with Crippen molar-refractivity contribution in [3.8, 4) is 0 Å². The molecule has 1 aliphatic heterocycles. The van der Waals surface area contributed by atoms with Gasteiger partial charge in [-0.2, -0.15) is 0 Å². The number of rotatable bonds is 8. The fourth-order valence-corrected chi connectivity index (χ4v) is 4.10. The van der Waals surface area contributed by atoms with Crippen LogP contribution in [0.4, 0.5) is 10.1 Å². The highest BCUT2D eigenvalue weighted by Crippen LogP contribution is 2.31. The Morgan fingerprint density at radius 1 is 1.41 bits per heavy atom. The van der Waals surface area contributed by atoms with Crippen LogP contribution in [0.2, 0.25) is 0 Å². The van der Waals surface area contributed by atoms with Crippen molar-refractivity contribution in [3.05, 3.63) is 24.3 Å². The third-order valence-corrected chi connectivity index (χ3v) is 5.55. The van der Waals surface area contributed by atoms with Crippen molar-refractivity contribution in [1.82, 2.24) is 20.5 Å². The molecule has 0 spiro atoms. The highest BCUT2D eigenvalue weighted by Gasteiger charge is 2.39. The van der Waals surface area contributed by atoms with Crippen LogP contribution in [0.3, 0.4) is 0 Å². The summed E-state index contributed by atoms with van der Waals surface area (Å²) >= 11 is 0. The van der Waals surface area contributed by atoms with E-state index >= 15 is 0 Å². The van der Waals surface area contributed by atoms with Gasteiger partial charge in [0.2, 0.25) is 18.2 Å². The summed E-state index contributed by atoms with van der Waals surface area (Å²) in [6, 6.07) is 0.530. The van der Waals surface area contributed by atoms with Crippen LogP contribution in [-0.2, 0) is 14.4 Å². The molecule has 2 atom stereocenters. The largest absolute Gasteiger partial charge is 0.322 e. The van der Waals surface area contributed by atoms with Gasteiger partial charge in [0.15, 0.2) is 5.82 Å². The van der Waals surface area contributed by atoms with E-state index in [9.17, 15) is 24.0 Å². The number of nitrogens with one attached hydrogen (secondary N) is 2. The van der Waals surface area contributed by atoms with Gasteiger partial charge in [0, 0.05) is 12.7 Å². The fourth-order valence-electron chi connectivity index (χ4n) is 4.10. The van der Waals surface area contributed by atoms with E-state index in [1.807, 2.05) is 0 Å². The first-order chi connectivity index (χ1) is 14.0. The molecule has 3 amide bonds. The Morgan fingerprint density at radius 3 is 2.86 bits per heavy atom. The average molecular weight is 407 g/mol. The summed E-state index contributed by atoms with van der Waals surface area (Å²) in [6.45, 7) is 0.277. The van der Waals surface area contributed by atoms with E-state index in [1.165, 1.54) is 17.3 Å². The summed E-state index contributed by atoms with van der Waals surface area (Å²) < 4.78 is 13.8. The van der Waals surface area contributed by atoms with Crippen molar-refractivity contribution in [1.29, 1.82) is 0 Å². The molecule has 2 aliphatic rings. The van der Waals surface area contributed by atoms with Gasteiger partial charge in [0.05, 0.1) is 24.3 Å². The molecular formula is C19H26FN5O4. The SMILES string of the molecule is O=CN(O)C[C@@H](CC1CCCC1)C(=O)N1NCC[C@H]1C(=O)Nc1ccncc1F. The molecule has 1 aromatic heterocycles. The van der Waals surface area contributed by atoms with Gasteiger partial charge in [0.1, 0.15) is 6.04 Å². The van der Waals surface area contributed by atoms with E-state index in [4.69, 9.17) is 0 Å². The Morgan fingerprint density at radius 2 is 2.17 bits per heavy atom. The minimum Gasteiger partial charge on any atom is -0.322 e. The fraction of sp³-hybridized carbons (Fsp3) is 0.579. The summed E-state index contributed by atoms with van der Waals surface area (Å²) in [4.78, 5) is 40.3. The second-order valence-corrected chi connectivity index (χ2v) is 7.58. The Balaban J connectivity index is 1.70. The predicted octanol–water partition coefficient (Wildman–Crippen LogP) is 1.31. The van der Waals surface area contributed by atoms with E-state index in [2.05, 4.69) is 15.7 Å². The molecule has 0 unspecified atom stereocenters. The first-order valence-electron chi connectivity index (χ1n) is 9.87. The van der Waals surface area contributed by atoms with Crippen molar-refractivity contribution in [3.63, 3.8) is 0 Å². The van der Waals surface area contributed by atoms with E-state index in [0.29, 0.717) is 30.4 Å². The maximum atomic E-state index is 13.8. The monoisotopic (exact) mass is 407 g/mol. The molecule has 1 aliphatic carbocycles. The van der Waals surface area contributed by atoms with Crippen LogP contribution in [0.5, 0.6) is 0 Å². The standard InChI is InChI=1S/C19H26FN5O4/c20-15-10-21-7-5-16(15)23-18(27)17-6-8-22-25(17)19(28)14(11-24(29)12-26)9-13-3-1-2-4-13/h5,7,10,12-14,17,22,29H,1-4,6,8-9,11H2,(H,21,23,27)/t14-,17+/m1/s1. The molecule has 1 saturated carbocycles. The van der Waals surface area contributed by atoms with Crippen LogP contribution in [-0.4, -0.2) is 57.6 Å². The molecule has 2 fully saturated rings. The maximum absolute atomic E-state index is 13.8. The zero-order valence-electron chi connectivity index (χ0n) is 16.1. The molecule has 158 valence electrons. The first kappa shape index (κ1) is 21.1. The van der Waals surface area contributed by atoms with Gasteiger partial charge in [-0.1, -0.05) is 25.7 Å². The number of carbonyl (C=O) groups excluding carboxylic acids is 3. The van der Waals surface area contributed by atoms with E-state index < -0.39 is 23.7 Å². The Kier molecular flexibility index (Phi) is 7.10. The zero-order chi connectivity index (χ0) is 20.8. The Bertz CT molecular complexity index is 743. The van der Waals surface area contributed by atoms with Crippen LogP contribution >= 0.6 is 0 Å². The van der Waals surface area contributed by atoms with Gasteiger partial charge >= 0.3 is 0 Å². The maximum Gasteiger partial charge on any atom is 0.248 e. The van der Waals surface area contributed by atoms with Crippen molar-refractivity contribution >= 4 is 23.9 Å². The third-order valence-electron chi connectivity index (χ3n) is 5.55. The summed E-state index contributed by atoms with van der Waals surface area (Å²) in [6.07, 6.45) is 7.76. The number of nitrogens with zero attached hydrogens (tertiary/aromatic N) is 3. The highest BCUT2D eigenvalue weighted by molar-refractivity contribution is 5.97. The summed E-state index contributed by atoms with van der Waals surface area (Å²) in [5.41, 5.74) is 2.91. The predicted molar refractivity (Wildman–Crippen MR) is 101 cm³/mol. The van der Waals surface area contributed by atoms with Crippen molar-refractivity contribution in [2.75, 3.05) is 18.4 Å². The van der Waals surface area contributed by atoms with E-state index in [-0.39, 0.29) is 24.5 Å². The molecule has 3 N–H and O–H groups in total. The molecule has 0 aromatic carbocycles. The topological polar surface area (TPSA) is 115 Å². The van der Waals surface area contributed by atoms with Crippen LogP contribution < -0.4 is 10.7 Å².